The summed E-state index contributed by atoms with van der Waals surface area (Å²) in [6, 6.07) is 6.60. The molecular weight excluding hydrogens is 495 g/mol. The van der Waals surface area contributed by atoms with Crippen molar-refractivity contribution in [2.75, 3.05) is 43.4 Å². The Kier molecular flexibility index (Phi) is 6.67. The van der Waals surface area contributed by atoms with E-state index in [1.54, 1.807) is 0 Å². The molecule has 0 radical (unpaired) electrons. The summed E-state index contributed by atoms with van der Waals surface area (Å²) in [6.07, 6.45) is 3.96. The van der Waals surface area contributed by atoms with E-state index in [-0.39, 0.29) is 5.54 Å². The van der Waals surface area contributed by atoms with Crippen LogP contribution >= 0.6 is 0 Å². The van der Waals surface area contributed by atoms with Gasteiger partial charge < -0.3 is 20.1 Å². The van der Waals surface area contributed by atoms with Gasteiger partial charge in [0, 0.05) is 49.3 Å². The molecule has 39 heavy (non-hydrogen) atoms. The predicted octanol–water partition coefficient (Wildman–Crippen LogP) is 4.60. The number of hydrogen-bond acceptors (Lipinski definition) is 8. The van der Waals surface area contributed by atoms with Crippen LogP contribution in [0.1, 0.15) is 86.7 Å². The zero-order valence-electron chi connectivity index (χ0n) is 23.3. The van der Waals surface area contributed by atoms with E-state index < -0.39 is 11.8 Å². The highest BCUT2D eigenvalue weighted by atomic mass is 19.1. The molecule has 0 amide bonds. The van der Waals surface area contributed by atoms with E-state index in [4.69, 9.17) is 25.2 Å². The van der Waals surface area contributed by atoms with Gasteiger partial charge in [-0.05, 0) is 63.6 Å². The number of nitrogens with zero attached hydrogens (tertiary/aromatic N) is 5. The summed E-state index contributed by atoms with van der Waals surface area (Å²) in [4.78, 5) is 14.3. The lowest BCUT2D eigenvalue weighted by Gasteiger charge is -2.45. The molecule has 208 valence electrons. The lowest BCUT2D eigenvalue weighted by atomic mass is 9.69. The zero-order valence-corrected chi connectivity index (χ0v) is 23.3. The minimum absolute atomic E-state index is 0.268. The summed E-state index contributed by atoms with van der Waals surface area (Å²) in [5, 5.41) is 10.1. The Morgan fingerprint density at radius 2 is 2.10 bits per heavy atom. The summed E-state index contributed by atoms with van der Waals surface area (Å²) in [5.74, 6) is 1.15. The molecule has 0 saturated carbocycles. The molecule has 4 heterocycles. The van der Waals surface area contributed by atoms with Gasteiger partial charge in [-0.2, -0.15) is 15.2 Å². The fourth-order valence-electron chi connectivity index (χ4n) is 7.53. The number of aromatic nitrogens is 2. The van der Waals surface area contributed by atoms with Crippen LogP contribution in [-0.2, 0) is 23.4 Å². The number of hydrogen-bond donors (Lipinski definition) is 1. The normalized spacial score (nSPS) is 29.5. The Morgan fingerprint density at radius 1 is 1.28 bits per heavy atom. The molecule has 2 fully saturated rings. The molecule has 2 N–H and O–H groups in total. The van der Waals surface area contributed by atoms with E-state index in [1.165, 1.54) is 0 Å². The van der Waals surface area contributed by atoms with Gasteiger partial charge in [0.2, 0.25) is 0 Å². The predicted molar refractivity (Wildman–Crippen MR) is 148 cm³/mol. The molecule has 4 atom stereocenters. The first-order valence-electron chi connectivity index (χ1n) is 14.5. The number of nitriles is 1. The van der Waals surface area contributed by atoms with Crippen LogP contribution in [0.5, 0.6) is 6.01 Å². The summed E-state index contributed by atoms with van der Waals surface area (Å²) >= 11 is 0. The third kappa shape index (κ3) is 4.23. The molecule has 2 aromatic rings. The molecule has 0 bridgehead atoms. The fraction of sp³-hybridized carbons (Fsp3) is 0.633. The summed E-state index contributed by atoms with van der Waals surface area (Å²) in [6.45, 7) is 10.2. The fourth-order valence-corrected chi connectivity index (χ4v) is 7.53. The SMILES string of the molecule is CCN(CC)c1nc(OCC23CCCN2CC(F)C3)nc2c1COC1(CCC(C)c3ccc(N)c(C#N)c31)C2. The lowest BCUT2D eigenvalue weighted by molar-refractivity contribution is -0.0873. The van der Waals surface area contributed by atoms with Gasteiger partial charge >= 0.3 is 6.01 Å². The monoisotopic (exact) mass is 534 g/mol. The van der Waals surface area contributed by atoms with Crippen molar-refractivity contribution in [3.8, 4) is 12.1 Å². The van der Waals surface area contributed by atoms with Crippen molar-refractivity contribution in [2.24, 2.45) is 0 Å². The second-order valence-electron chi connectivity index (χ2n) is 11.8. The molecular formula is C30H39FN6O2. The molecule has 2 saturated heterocycles. The molecule has 1 aromatic carbocycles. The summed E-state index contributed by atoms with van der Waals surface area (Å²) < 4.78 is 27.4. The van der Waals surface area contributed by atoms with Crippen LogP contribution in [0.2, 0.25) is 0 Å². The molecule has 6 rings (SSSR count). The van der Waals surface area contributed by atoms with Gasteiger partial charge in [-0.15, -0.1) is 0 Å². The molecule has 1 aliphatic carbocycles. The maximum absolute atomic E-state index is 14.4. The number of halogens is 1. The number of anilines is 2. The van der Waals surface area contributed by atoms with Crippen LogP contribution in [0, 0.1) is 11.3 Å². The quantitative estimate of drug-likeness (QED) is 0.537. The van der Waals surface area contributed by atoms with Crippen LogP contribution < -0.4 is 15.4 Å². The summed E-state index contributed by atoms with van der Waals surface area (Å²) in [5.41, 5.74) is 10.3. The molecule has 1 aromatic heterocycles. The number of benzene rings is 1. The topological polar surface area (TPSA) is 101 Å². The van der Waals surface area contributed by atoms with Crippen LogP contribution in [0.3, 0.4) is 0 Å². The van der Waals surface area contributed by atoms with Crippen molar-refractivity contribution in [3.05, 3.63) is 40.1 Å². The highest BCUT2D eigenvalue weighted by Crippen LogP contribution is 2.51. The smallest absolute Gasteiger partial charge is 0.318 e. The average Bonchev–Trinajstić information content (AvgIpc) is 3.46. The Balaban J connectivity index is 1.39. The van der Waals surface area contributed by atoms with Crippen molar-refractivity contribution in [2.45, 2.75) is 89.1 Å². The van der Waals surface area contributed by atoms with Gasteiger partial charge in [0.25, 0.3) is 0 Å². The van der Waals surface area contributed by atoms with E-state index in [0.29, 0.717) is 55.8 Å². The molecule has 3 aliphatic heterocycles. The maximum atomic E-state index is 14.4. The van der Waals surface area contributed by atoms with Gasteiger partial charge in [0.05, 0.1) is 23.4 Å². The van der Waals surface area contributed by atoms with Crippen LogP contribution in [0.4, 0.5) is 15.9 Å². The third-order valence-electron chi connectivity index (χ3n) is 9.64. The average molecular weight is 535 g/mol. The number of fused-ring (bicyclic) bond motifs is 4. The Morgan fingerprint density at radius 3 is 2.87 bits per heavy atom. The van der Waals surface area contributed by atoms with Gasteiger partial charge in [-0.25, -0.2) is 4.39 Å². The Labute approximate surface area is 230 Å². The number of alkyl halides is 1. The highest BCUT2D eigenvalue weighted by Gasteiger charge is 2.50. The van der Waals surface area contributed by atoms with Crippen molar-refractivity contribution >= 4 is 11.5 Å². The molecule has 9 heteroatoms. The molecule has 4 aliphatic rings. The summed E-state index contributed by atoms with van der Waals surface area (Å²) in [7, 11) is 0. The standard InChI is InChI=1S/C30H39FN6O2/c1-4-36(5-2)27-23-17-39-30(11-9-19(3)21-7-8-24(33)22(15-32)26(21)30)14-25(23)34-28(35-27)38-18-29-10-6-12-37(29)16-20(31)13-29/h7-8,19-20H,4-6,9-14,16-18,33H2,1-3H3. The van der Waals surface area contributed by atoms with Crippen molar-refractivity contribution in [1.82, 2.24) is 14.9 Å². The van der Waals surface area contributed by atoms with Crippen LogP contribution in [0.15, 0.2) is 12.1 Å². The van der Waals surface area contributed by atoms with Crippen molar-refractivity contribution < 1.29 is 13.9 Å². The largest absolute Gasteiger partial charge is 0.461 e. The first-order chi connectivity index (χ1) is 18.8. The van der Waals surface area contributed by atoms with Crippen LogP contribution in [0.25, 0.3) is 0 Å². The zero-order chi connectivity index (χ0) is 27.4. The van der Waals surface area contributed by atoms with Gasteiger partial charge in [0.15, 0.2) is 0 Å². The maximum Gasteiger partial charge on any atom is 0.318 e. The Hall–Kier alpha value is -2.96. The van der Waals surface area contributed by atoms with Crippen LogP contribution in [-0.4, -0.2) is 59.4 Å². The van der Waals surface area contributed by atoms with E-state index in [9.17, 15) is 9.65 Å². The van der Waals surface area contributed by atoms with Crippen molar-refractivity contribution in [3.63, 3.8) is 0 Å². The van der Waals surface area contributed by atoms with Crippen molar-refractivity contribution in [1.29, 1.82) is 5.26 Å². The number of rotatable bonds is 6. The third-order valence-corrected chi connectivity index (χ3v) is 9.64. The number of nitrogens with two attached hydrogens (primary N) is 1. The molecule has 4 unspecified atom stereocenters. The van der Waals surface area contributed by atoms with E-state index >= 15 is 0 Å². The second kappa shape index (κ2) is 9.90. The van der Waals surface area contributed by atoms with Gasteiger partial charge in [0.1, 0.15) is 30.3 Å². The van der Waals surface area contributed by atoms with E-state index in [2.05, 4.69) is 42.7 Å². The van der Waals surface area contributed by atoms with Gasteiger partial charge in [-0.3, -0.25) is 4.90 Å². The van der Waals surface area contributed by atoms with E-state index in [1.807, 2.05) is 6.07 Å². The lowest BCUT2D eigenvalue weighted by Crippen LogP contribution is -2.44. The highest BCUT2D eigenvalue weighted by molar-refractivity contribution is 5.64. The first kappa shape index (κ1) is 26.3. The second-order valence-corrected chi connectivity index (χ2v) is 11.8. The Bertz CT molecular complexity index is 1310. The minimum Gasteiger partial charge on any atom is -0.461 e. The van der Waals surface area contributed by atoms with Gasteiger partial charge in [-0.1, -0.05) is 13.0 Å². The molecule has 8 nitrogen and oxygen atoms in total. The van der Waals surface area contributed by atoms with E-state index in [0.717, 1.165) is 73.5 Å². The number of nitrogen functional groups attached to an aromatic ring is 1. The molecule has 1 spiro atoms. The first-order valence-corrected chi connectivity index (χ1v) is 14.5. The number of ether oxygens (including phenoxy) is 2. The minimum atomic E-state index is -0.808.